The Morgan fingerprint density at radius 2 is 1.89 bits per heavy atom. The van der Waals surface area contributed by atoms with Crippen LogP contribution in [0.2, 0.25) is 0 Å². The first-order valence-electron chi connectivity index (χ1n) is 6.18. The van der Waals surface area contributed by atoms with Crippen molar-refractivity contribution in [2.24, 2.45) is 0 Å². The van der Waals surface area contributed by atoms with Gasteiger partial charge in [0.25, 0.3) is 0 Å². The summed E-state index contributed by atoms with van der Waals surface area (Å²) in [5.74, 6) is 2.27. The van der Waals surface area contributed by atoms with E-state index in [4.69, 9.17) is 25.5 Å². The highest BCUT2D eigenvalue weighted by atomic mass is 35.5. The fourth-order valence-corrected chi connectivity index (χ4v) is 1.81. The summed E-state index contributed by atoms with van der Waals surface area (Å²) >= 11 is 5.71. The summed E-state index contributed by atoms with van der Waals surface area (Å²) in [5.41, 5.74) is 1.55. The Morgan fingerprint density at radius 3 is 2.53 bits per heavy atom. The van der Waals surface area contributed by atoms with Crippen LogP contribution in [0.5, 0.6) is 11.5 Å². The van der Waals surface area contributed by atoms with Crippen molar-refractivity contribution in [2.45, 2.75) is 19.7 Å². The summed E-state index contributed by atoms with van der Waals surface area (Å²) in [6, 6.07) is 5.60. The fourth-order valence-electron chi connectivity index (χ4n) is 1.69. The van der Waals surface area contributed by atoms with Gasteiger partial charge < -0.3 is 13.9 Å². The summed E-state index contributed by atoms with van der Waals surface area (Å²) in [6.45, 7) is 5.03. The molecule has 0 radical (unpaired) electrons. The molecule has 0 aliphatic rings. The molecule has 2 rings (SSSR count). The molecule has 0 spiro atoms. The van der Waals surface area contributed by atoms with Crippen molar-refractivity contribution in [3.05, 3.63) is 30.2 Å². The van der Waals surface area contributed by atoms with E-state index >= 15 is 0 Å². The third-order valence-corrected chi connectivity index (χ3v) is 2.75. The van der Waals surface area contributed by atoms with Gasteiger partial charge in [0.2, 0.25) is 5.89 Å². The number of hydrogen-bond acceptors (Lipinski definition) is 4. The van der Waals surface area contributed by atoms with Crippen LogP contribution >= 0.6 is 11.6 Å². The number of oxazole rings is 1. The zero-order valence-electron chi connectivity index (χ0n) is 11.0. The second-order valence-electron chi connectivity index (χ2n) is 3.81. The minimum Gasteiger partial charge on any atom is -0.490 e. The Bertz CT molecular complexity index is 539. The summed E-state index contributed by atoms with van der Waals surface area (Å²) in [6.07, 6.45) is 1.55. The number of rotatable bonds is 6. The van der Waals surface area contributed by atoms with Gasteiger partial charge in [-0.2, -0.15) is 0 Å². The van der Waals surface area contributed by atoms with Crippen LogP contribution < -0.4 is 9.47 Å². The molecule has 102 valence electrons. The topological polar surface area (TPSA) is 44.5 Å². The van der Waals surface area contributed by atoms with Gasteiger partial charge in [-0.3, -0.25) is 0 Å². The van der Waals surface area contributed by atoms with Crippen molar-refractivity contribution in [3.8, 4) is 23.0 Å². The van der Waals surface area contributed by atoms with Gasteiger partial charge in [0.1, 0.15) is 6.26 Å². The molecule has 0 atom stereocenters. The summed E-state index contributed by atoms with van der Waals surface area (Å²) in [4.78, 5) is 4.28. The van der Waals surface area contributed by atoms with Gasteiger partial charge in [0.05, 0.1) is 24.8 Å². The minimum absolute atomic E-state index is 0.332. The average molecular weight is 282 g/mol. The molecule has 1 heterocycles. The maximum absolute atomic E-state index is 5.71. The van der Waals surface area contributed by atoms with E-state index in [0.717, 1.165) is 11.3 Å². The van der Waals surface area contributed by atoms with Crippen LogP contribution in [0.1, 0.15) is 19.5 Å². The van der Waals surface area contributed by atoms with Crippen LogP contribution in [0.3, 0.4) is 0 Å². The number of alkyl halides is 1. The van der Waals surface area contributed by atoms with Crippen molar-refractivity contribution >= 4 is 11.6 Å². The molecule has 0 bridgehead atoms. The van der Waals surface area contributed by atoms with Crippen molar-refractivity contribution in [2.75, 3.05) is 13.2 Å². The van der Waals surface area contributed by atoms with E-state index in [1.807, 2.05) is 32.0 Å². The van der Waals surface area contributed by atoms with Crippen LogP contribution in [-0.2, 0) is 5.88 Å². The standard InChI is InChI=1S/C14H16ClNO3/c1-3-17-12-6-5-10(7-13(12)18-4-2)14-16-11(8-15)9-19-14/h5-7,9H,3-4,8H2,1-2H3. The van der Waals surface area contributed by atoms with E-state index in [2.05, 4.69) is 4.98 Å². The predicted octanol–water partition coefficient (Wildman–Crippen LogP) is 3.88. The lowest BCUT2D eigenvalue weighted by atomic mass is 10.2. The second-order valence-corrected chi connectivity index (χ2v) is 4.07. The van der Waals surface area contributed by atoms with Crippen LogP contribution in [0.4, 0.5) is 0 Å². The SMILES string of the molecule is CCOc1ccc(-c2nc(CCl)co2)cc1OCC. The Balaban J connectivity index is 2.33. The molecule has 5 heteroatoms. The van der Waals surface area contributed by atoms with Gasteiger partial charge in [0.15, 0.2) is 11.5 Å². The molecule has 0 amide bonds. The summed E-state index contributed by atoms with van der Waals surface area (Å²) in [7, 11) is 0. The highest BCUT2D eigenvalue weighted by Crippen LogP contribution is 2.32. The zero-order valence-corrected chi connectivity index (χ0v) is 11.7. The van der Waals surface area contributed by atoms with E-state index in [1.54, 1.807) is 6.26 Å². The highest BCUT2D eigenvalue weighted by molar-refractivity contribution is 6.16. The van der Waals surface area contributed by atoms with Crippen LogP contribution in [-0.4, -0.2) is 18.2 Å². The van der Waals surface area contributed by atoms with Crippen molar-refractivity contribution < 1.29 is 13.9 Å². The molecule has 0 saturated heterocycles. The smallest absolute Gasteiger partial charge is 0.226 e. The van der Waals surface area contributed by atoms with Gasteiger partial charge in [-0.05, 0) is 32.0 Å². The van der Waals surface area contributed by atoms with Crippen LogP contribution in [0, 0.1) is 0 Å². The normalized spacial score (nSPS) is 10.5. The third-order valence-electron chi connectivity index (χ3n) is 2.48. The molecule has 0 fully saturated rings. The number of ether oxygens (including phenoxy) is 2. The third kappa shape index (κ3) is 3.20. The quantitative estimate of drug-likeness (QED) is 0.754. The molecule has 0 saturated carbocycles. The van der Waals surface area contributed by atoms with Crippen LogP contribution in [0.25, 0.3) is 11.5 Å². The lowest BCUT2D eigenvalue weighted by Gasteiger charge is -2.11. The van der Waals surface area contributed by atoms with Gasteiger partial charge in [-0.25, -0.2) is 4.98 Å². The lowest BCUT2D eigenvalue weighted by molar-refractivity contribution is 0.288. The Labute approximate surface area is 117 Å². The van der Waals surface area contributed by atoms with E-state index in [-0.39, 0.29) is 0 Å². The predicted molar refractivity (Wildman–Crippen MR) is 73.8 cm³/mol. The molecule has 2 aromatic rings. The van der Waals surface area contributed by atoms with E-state index in [0.29, 0.717) is 36.4 Å². The minimum atomic E-state index is 0.332. The van der Waals surface area contributed by atoms with Crippen molar-refractivity contribution in [1.29, 1.82) is 0 Å². The fraction of sp³-hybridized carbons (Fsp3) is 0.357. The van der Waals surface area contributed by atoms with E-state index in [1.165, 1.54) is 0 Å². The van der Waals surface area contributed by atoms with E-state index < -0.39 is 0 Å². The first-order chi connectivity index (χ1) is 9.28. The summed E-state index contributed by atoms with van der Waals surface area (Å²) < 4.78 is 16.5. The van der Waals surface area contributed by atoms with Gasteiger partial charge in [-0.15, -0.1) is 11.6 Å². The molecule has 0 N–H and O–H groups in total. The number of benzene rings is 1. The Morgan fingerprint density at radius 1 is 1.16 bits per heavy atom. The Kier molecular flexibility index (Phi) is 4.68. The maximum atomic E-state index is 5.71. The maximum Gasteiger partial charge on any atom is 0.226 e. The molecule has 0 unspecified atom stereocenters. The molecule has 0 aliphatic heterocycles. The molecule has 0 aliphatic carbocycles. The van der Waals surface area contributed by atoms with E-state index in [9.17, 15) is 0 Å². The number of hydrogen-bond donors (Lipinski definition) is 0. The monoisotopic (exact) mass is 281 g/mol. The van der Waals surface area contributed by atoms with Crippen molar-refractivity contribution in [3.63, 3.8) is 0 Å². The molecule has 1 aromatic carbocycles. The zero-order chi connectivity index (χ0) is 13.7. The Hall–Kier alpha value is -1.68. The van der Waals surface area contributed by atoms with Gasteiger partial charge in [-0.1, -0.05) is 0 Å². The molecule has 19 heavy (non-hydrogen) atoms. The van der Waals surface area contributed by atoms with Crippen LogP contribution in [0.15, 0.2) is 28.9 Å². The first kappa shape index (κ1) is 13.7. The first-order valence-corrected chi connectivity index (χ1v) is 6.72. The number of nitrogens with zero attached hydrogens (tertiary/aromatic N) is 1. The lowest BCUT2D eigenvalue weighted by Crippen LogP contribution is -1.98. The summed E-state index contributed by atoms with van der Waals surface area (Å²) in [5, 5.41) is 0. The number of halogens is 1. The highest BCUT2D eigenvalue weighted by Gasteiger charge is 2.11. The average Bonchev–Trinajstić information content (AvgIpc) is 2.90. The van der Waals surface area contributed by atoms with Crippen molar-refractivity contribution in [1.82, 2.24) is 4.98 Å². The molecular formula is C14H16ClNO3. The molecule has 4 nitrogen and oxygen atoms in total. The number of aromatic nitrogens is 1. The molecular weight excluding hydrogens is 266 g/mol. The second kappa shape index (κ2) is 6.48. The van der Waals surface area contributed by atoms with Gasteiger partial charge in [0, 0.05) is 5.56 Å². The largest absolute Gasteiger partial charge is 0.490 e. The molecule has 1 aromatic heterocycles. The van der Waals surface area contributed by atoms with Gasteiger partial charge >= 0.3 is 0 Å².